The smallest absolute Gasteiger partial charge is 0.247 e. The van der Waals surface area contributed by atoms with E-state index in [1.165, 1.54) is 11.3 Å². The third kappa shape index (κ3) is 5.07. The van der Waals surface area contributed by atoms with Crippen molar-refractivity contribution in [2.24, 2.45) is 7.05 Å². The lowest BCUT2D eigenvalue weighted by Gasteiger charge is -2.12. The van der Waals surface area contributed by atoms with E-state index < -0.39 is 6.04 Å². The van der Waals surface area contributed by atoms with E-state index in [0.717, 1.165) is 26.7 Å². The molecule has 144 valence electrons. The Balaban J connectivity index is 0.00000261. The topological polar surface area (TPSA) is 71.8 Å². The molecule has 3 rings (SSSR count). The first-order valence-corrected chi connectivity index (χ1v) is 9.33. The number of aromatic nitrogens is 3. The molecule has 0 aliphatic carbocycles. The predicted octanol–water partition coefficient (Wildman–Crippen LogP) is 3.75. The number of thiazole rings is 1. The van der Waals surface area contributed by atoms with Crippen LogP contribution < -0.4 is 10.6 Å². The van der Waals surface area contributed by atoms with Gasteiger partial charge in [0.05, 0.1) is 11.9 Å². The number of benzene rings is 1. The molecule has 0 saturated carbocycles. The molecule has 6 nitrogen and oxygen atoms in total. The van der Waals surface area contributed by atoms with Crippen LogP contribution in [0.2, 0.25) is 5.02 Å². The number of nitrogens with zero attached hydrogens (tertiary/aromatic N) is 3. The fourth-order valence-electron chi connectivity index (χ4n) is 2.68. The number of likely N-dealkylation sites (N-methyl/N-ethyl adjacent to an activating group) is 1. The maximum Gasteiger partial charge on any atom is 0.247 e. The fourth-order valence-corrected chi connectivity index (χ4v) is 3.87. The highest BCUT2D eigenvalue weighted by molar-refractivity contribution is 7.15. The van der Waals surface area contributed by atoms with Crippen molar-refractivity contribution >= 4 is 46.4 Å². The molecule has 1 amide bonds. The van der Waals surface area contributed by atoms with Crippen molar-refractivity contribution in [3.05, 3.63) is 63.4 Å². The van der Waals surface area contributed by atoms with Crippen LogP contribution in [-0.2, 0) is 18.3 Å². The summed E-state index contributed by atoms with van der Waals surface area (Å²) in [6.07, 6.45) is 4.18. The summed E-state index contributed by atoms with van der Waals surface area (Å²) in [6.45, 7) is 1.94. The molecule has 2 aromatic heterocycles. The maximum absolute atomic E-state index is 12.6. The molecule has 1 aromatic carbocycles. The molecule has 2 N–H and O–H groups in total. The quantitative estimate of drug-likeness (QED) is 0.630. The minimum atomic E-state index is -0.486. The van der Waals surface area contributed by atoms with Gasteiger partial charge in [-0.2, -0.15) is 5.10 Å². The van der Waals surface area contributed by atoms with Gasteiger partial charge in [-0.25, -0.2) is 4.98 Å². The lowest BCUT2D eigenvalue weighted by molar-refractivity contribution is -0.118. The first kappa shape index (κ1) is 21.4. The Morgan fingerprint density at radius 1 is 1.37 bits per heavy atom. The number of aryl methyl sites for hydroxylation is 2. The third-order valence-electron chi connectivity index (χ3n) is 4.04. The van der Waals surface area contributed by atoms with Crippen molar-refractivity contribution in [3.63, 3.8) is 0 Å². The van der Waals surface area contributed by atoms with Gasteiger partial charge in [-0.15, -0.1) is 23.7 Å². The van der Waals surface area contributed by atoms with E-state index in [1.807, 2.05) is 44.4 Å². The second kappa shape index (κ2) is 9.32. The van der Waals surface area contributed by atoms with Crippen LogP contribution in [0.1, 0.15) is 27.7 Å². The van der Waals surface area contributed by atoms with Crippen LogP contribution in [0.4, 0.5) is 5.13 Å². The number of amides is 1. The number of hydrogen-bond donors (Lipinski definition) is 2. The molecule has 2 heterocycles. The summed E-state index contributed by atoms with van der Waals surface area (Å²) in [5.41, 5.74) is 2.74. The van der Waals surface area contributed by atoms with Crippen molar-refractivity contribution in [1.29, 1.82) is 0 Å². The summed E-state index contributed by atoms with van der Waals surface area (Å²) in [5.74, 6) is -0.168. The largest absolute Gasteiger partial charge is 0.305 e. The van der Waals surface area contributed by atoms with Crippen molar-refractivity contribution in [3.8, 4) is 0 Å². The monoisotopic (exact) mass is 425 g/mol. The Hall–Kier alpha value is -1.93. The van der Waals surface area contributed by atoms with E-state index in [9.17, 15) is 4.79 Å². The van der Waals surface area contributed by atoms with E-state index in [4.69, 9.17) is 11.6 Å². The van der Waals surface area contributed by atoms with Gasteiger partial charge in [-0.3, -0.25) is 9.48 Å². The average molecular weight is 426 g/mol. The van der Waals surface area contributed by atoms with Gasteiger partial charge in [-0.1, -0.05) is 29.8 Å². The van der Waals surface area contributed by atoms with Gasteiger partial charge >= 0.3 is 0 Å². The summed E-state index contributed by atoms with van der Waals surface area (Å²) in [4.78, 5) is 18.2. The molecule has 0 radical (unpaired) electrons. The standard InChI is InChI=1S/C18H20ClN5OS.ClH/c1-11-15(8-12-6-4-5-7-14(12)19)26-18(22-11)23-17(25)16(20-2)13-9-21-24(3)10-13;/h4-7,9-10,16,20H,8H2,1-3H3,(H,22,23,25);1H. The van der Waals surface area contributed by atoms with Gasteiger partial charge in [0.2, 0.25) is 5.91 Å². The Bertz CT molecular complexity index is 924. The molecule has 1 unspecified atom stereocenters. The van der Waals surface area contributed by atoms with Gasteiger partial charge in [0.15, 0.2) is 5.13 Å². The molecule has 0 aliphatic heterocycles. The number of carbonyl (C=O) groups excluding carboxylic acids is 1. The Labute approximate surface area is 173 Å². The second-order valence-corrected chi connectivity index (χ2v) is 7.44. The normalized spacial score (nSPS) is 11.7. The average Bonchev–Trinajstić information content (AvgIpc) is 3.16. The zero-order valence-electron chi connectivity index (χ0n) is 15.2. The highest BCUT2D eigenvalue weighted by Gasteiger charge is 2.22. The number of hydrogen-bond acceptors (Lipinski definition) is 5. The molecule has 0 bridgehead atoms. The van der Waals surface area contributed by atoms with Gasteiger partial charge < -0.3 is 10.6 Å². The summed E-state index contributed by atoms with van der Waals surface area (Å²) in [7, 11) is 3.56. The first-order valence-electron chi connectivity index (χ1n) is 8.14. The van der Waals surface area contributed by atoms with Gasteiger partial charge in [0, 0.05) is 35.1 Å². The third-order valence-corrected chi connectivity index (χ3v) is 5.48. The molecular formula is C18H21Cl2N5OS. The number of anilines is 1. The maximum atomic E-state index is 12.6. The number of carbonyl (C=O) groups is 1. The highest BCUT2D eigenvalue weighted by Crippen LogP contribution is 2.28. The van der Waals surface area contributed by atoms with Crippen molar-refractivity contribution < 1.29 is 4.79 Å². The number of halogens is 2. The molecule has 3 aromatic rings. The van der Waals surface area contributed by atoms with E-state index in [1.54, 1.807) is 17.9 Å². The minimum absolute atomic E-state index is 0. The SMILES string of the molecule is CNC(C(=O)Nc1nc(C)c(Cc2ccccc2Cl)s1)c1cnn(C)c1.Cl. The van der Waals surface area contributed by atoms with Crippen LogP contribution >= 0.6 is 35.3 Å². The van der Waals surface area contributed by atoms with Gasteiger partial charge in [0.25, 0.3) is 0 Å². The molecule has 9 heteroatoms. The molecule has 27 heavy (non-hydrogen) atoms. The Kier molecular flexibility index (Phi) is 7.38. The van der Waals surface area contributed by atoms with Crippen molar-refractivity contribution in [2.75, 3.05) is 12.4 Å². The van der Waals surface area contributed by atoms with Crippen LogP contribution in [0.25, 0.3) is 0 Å². The van der Waals surface area contributed by atoms with Crippen molar-refractivity contribution in [1.82, 2.24) is 20.1 Å². The fraction of sp³-hybridized carbons (Fsp3) is 0.278. The molecule has 0 spiro atoms. The zero-order valence-corrected chi connectivity index (χ0v) is 17.6. The van der Waals surface area contributed by atoms with Crippen LogP contribution in [-0.4, -0.2) is 27.7 Å². The molecular weight excluding hydrogens is 405 g/mol. The predicted molar refractivity (Wildman–Crippen MR) is 112 cm³/mol. The van der Waals surface area contributed by atoms with E-state index >= 15 is 0 Å². The number of nitrogens with one attached hydrogen (secondary N) is 2. The van der Waals surface area contributed by atoms with E-state index in [-0.39, 0.29) is 18.3 Å². The summed E-state index contributed by atoms with van der Waals surface area (Å²) in [6, 6.07) is 7.26. The van der Waals surface area contributed by atoms with Crippen LogP contribution in [0.3, 0.4) is 0 Å². The summed E-state index contributed by atoms with van der Waals surface area (Å²) >= 11 is 7.72. The molecule has 0 fully saturated rings. The van der Waals surface area contributed by atoms with Crippen LogP contribution in [0, 0.1) is 6.92 Å². The molecule has 1 atom stereocenters. The van der Waals surface area contributed by atoms with Crippen molar-refractivity contribution in [2.45, 2.75) is 19.4 Å². The molecule has 0 aliphatic rings. The van der Waals surface area contributed by atoms with E-state index in [0.29, 0.717) is 11.6 Å². The molecule has 0 saturated heterocycles. The second-order valence-electron chi connectivity index (χ2n) is 5.95. The minimum Gasteiger partial charge on any atom is -0.305 e. The highest BCUT2D eigenvalue weighted by atomic mass is 35.5. The summed E-state index contributed by atoms with van der Waals surface area (Å²) in [5, 5.41) is 11.3. The van der Waals surface area contributed by atoms with Gasteiger partial charge in [-0.05, 0) is 25.6 Å². The van der Waals surface area contributed by atoms with Crippen LogP contribution in [0.5, 0.6) is 0 Å². The Morgan fingerprint density at radius 3 is 2.74 bits per heavy atom. The van der Waals surface area contributed by atoms with Crippen LogP contribution in [0.15, 0.2) is 36.7 Å². The lowest BCUT2D eigenvalue weighted by atomic mass is 10.1. The zero-order chi connectivity index (χ0) is 18.7. The number of rotatable bonds is 6. The summed E-state index contributed by atoms with van der Waals surface area (Å²) < 4.78 is 1.67. The Morgan fingerprint density at radius 2 is 2.11 bits per heavy atom. The lowest BCUT2D eigenvalue weighted by Crippen LogP contribution is -2.30. The first-order chi connectivity index (χ1) is 12.5. The van der Waals surface area contributed by atoms with E-state index in [2.05, 4.69) is 20.7 Å². The van der Waals surface area contributed by atoms with Gasteiger partial charge in [0.1, 0.15) is 6.04 Å².